The molecule has 0 unspecified atom stereocenters. The molecule has 2 aromatic heterocycles. The number of carbonyl (C=O) groups excluding carboxylic acids is 2. The number of nitrogens with zero attached hydrogens (tertiary/aromatic N) is 2. The van der Waals surface area contributed by atoms with Gasteiger partial charge in [0.05, 0.1) is 17.9 Å². The number of anilines is 1. The van der Waals surface area contributed by atoms with Gasteiger partial charge in [0, 0.05) is 12.3 Å². The maximum absolute atomic E-state index is 12.2. The highest BCUT2D eigenvalue weighted by Gasteiger charge is 2.13. The molecule has 2 heterocycles. The van der Waals surface area contributed by atoms with Gasteiger partial charge in [-0.1, -0.05) is 0 Å². The minimum absolute atomic E-state index is 0.0221. The van der Waals surface area contributed by atoms with Crippen LogP contribution in [0.3, 0.4) is 0 Å². The van der Waals surface area contributed by atoms with Crippen molar-refractivity contribution in [3.8, 4) is 0 Å². The summed E-state index contributed by atoms with van der Waals surface area (Å²) < 4.78 is 4.89. The topological polar surface area (TPSA) is 114 Å². The molecule has 0 radical (unpaired) electrons. The van der Waals surface area contributed by atoms with Gasteiger partial charge in [-0.3, -0.25) is 9.59 Å². The fourth-order valence-electron chi connectivity index (χ4n) is 1.85. The number of amides is 1. The summed E-state index contributed by atoms with van der Waals surface area (Å²) >= 11 is 1.47. The van der Waals surface area contributed by atoms with Gasteiger partial charge in [0.1, 0.15) is 17.3 Å². The van der Waals surface area contributed by atoms with Gasteiger partial charge in [-0.2, -0.15) is 11.8 Å². The Balaban J connectivity index is 2.19. The first kappa shape index (κ1) is 17.7. The zero-order chi connectivity index (χ0) is 17.5. The number of H-pyrrole nitrogens is 1. The van der Waals surface area contributed by atoms with E-state index in [2.05, 4.69) is 20.3 Å². The van der Waals surface area contributed by atoms with Crippen molar-refractivity contribution in [1.29, 1.82) is 0 Å². The lowest BCUT2D eigenvalue weighted by atomic mass is 10.2. The summed E-state index contributed by atoms with van der Waals surface area (Å²) in [5.74, 6) is -0.0382. The zero-order valence-corrected chi connectivity index (χ0v) is 14.0. The largest absolute Gasteiger partial charge is 0.462 e. The Hall–Kier alpha value is -2.68. The quantitative estimate of drug-likeness (QED) is 0.760. The lowest BCUT2D eigenvalue weighted by Gasteiger charge is -2.07. The highest BCUT2D eigenvalue weighted by molar-refractivity contribution is 7.97. The molecule has 0 spiro atoms. The van der Waals surface area contributed by atoms with Crippen molar-refractivity contribution < 1.29 is 14.3 Å². The van der Waals surface area contributed by atoms with Crippen molar-refractivity contribution in [3.05, 3.63) is 51.8 Å². The van der Waals surface area contributed by atoms with Gasteiger partial charge in [-0.25, -0.2) is 14.8 Å². The molecule has 0 bridgehead atoms. The van der Waals surface area contributed by atoms with Gasteiger partial charge in [0.25, 0.3) is 11.5 Å². The Labute approximate surface area is 142 Å². The van der Waals surface area contributed by atoms with E-state index in [9.17, 15) is 14.4 Å². The molecule has 8 nitrogen and oxygen atoms in total. The lowest BCUT2D eigenvalue weighted by Crippen LogP contribution is -2.20. The van der Waals surface area contributed by atoms with Gasteiger partial charge in [-0.05, 0) is 25.3 Å². The summed E-state index contributed by atoms with van der Waals surface area (Å²) in [7, 11) is 0. The van der Waals surface area contributed by atoms with Crippen molar-refractivity contribution in [2.75, 3.05) is 18.2 Å². The molecule has 1 amide bonds. The van der Waals surface area contributed by atoms with Crippen LogP contribution < -0.4 is 10.9 Å². The number of thioether (sulfide) groups is 1. The van der Waals surface area contributed by atoms with Gasteiger partial charge >= 0.3 is 5.97 Å². The van der Waals surface area contributed by atoms with E-state index in [1.54, 1.807) is 6.92 Å². The van der Waals surface area contributed by atoms with Gasteiger partial charge in [0.15, 0.2) is 0 Å². The van der Waals surface area contributed by atoms with E-state index in [0.29, 0.717) is 11.6 Å². The van der Waals surface area contributed by atoms with Crippen LogP contribution in [-0.4, -0.2) is 39.7 Å². The number of hydrogen-bond acceptors (Lipinski definition) is 7. The minimum atomic E-state index is -0.586. The number of aromatic amines is 1. The number of rotatable bonds is 6. The third kappa shape index (κ3) is 4.66. The summed E-state index contributed by atoms with van der Waals surface area (Å²) in [6.45, 7) is 1.95. The molecule has 0 saturated carbocycles. The number of carbonyl (C=O) groups is 2. The predicted octanol–water partition coefficient (Wildman–Crippen LogP) is 1.46. The normalized spacial score (nSPS) is 10.2. The van der Waals surface area contributed by atoms with Crippen LogP contribution in [0.2, 0.25) is 0 Å². The highest BCUT2D eigenvalue weighted by atomic mass is 32.2. The van der Waals surface area contributed by atoms with Crippen LogP contribution in [0.5, 0.6) is 0 Å². The first-order valence-corrected chi connectivity index (χ1v) is 8.46. The average molecular weight is 348 g/mol. The molecule has 24 heavy (non-hydrogen) atoms. The van der Waals surface area contributed by atoms with Crippen LogP contribution in [0.4, 0.5) is 5.82 Å². The summed E-state index contributed by atoms with van der Waals surface area (Å²) in [6, 6.07) is 3.98. The molecule has 2 N–H and O–H groups in total. The van der Waals surface area contributed by atoms with Gasteiger partial charge in [0.2, 0.25) is 0 Å². The van der Waals surface area contributed by atoms with Crippen LogP contribution in [-0.2, 0) is 10.5 Å². The molecule has 0 fully saturated rings. The Morgan fingerprint density at radius 3 is 2.88 bits per heavy atom. The standard InChI is InChI=1S/C15H16N4O4S/c1-3-23-15(22)9-4-5-16-11(6-9)19-14(21)10-7-13(20)18-12(17-10)8-24-2/h4-7H,3,8H2,1-2H3,(H,16,19,21)(H,17,18,20). The van der Waals surface area contributed by atoms with Crippen LogP contribution in [0.1, 0.15) is 33.6 Å². The van der Waals surface area contributed by atoms with Crippen LogP contribution in [0.25, 0.3) is 0 Å². The summed E-state index contributed by atoms with van der Waals surface area (Å²) in [6.07, 6.45) is 3.24. The Morgan fingerprint density at radius 1 is 1.38 bits per heavy atom. The average Bonchev–Trinajstić information content (AvgIpc) is 2.55. The molecular formula is C15H16N4O4S. The van der Waals surface area contributed by atoms with Crippen molar-refractivity contribution in [2.24, 2.45) is 0 Å². The fourth-order valence-corrected chi connectivity index (χ4v) is 2.26. The second-order valence-corrected chi connectivity index (χ2v) is 5.48. The third-order valence-electron chi connectivity index (χ3n) is 2.82. The van der Waals surface area contributed by atoms with E-state index in [-0.39, 0.29) is 23.7 Å². The molecule has 126 valence electrons. The fraction of sp³-hybridized carbons (Fsp3) is 0.267. The maximum Gasteiger partial charge on any atom is 0.338 e. The summed E-state index contributed by atoms with van der Waals surface area (Å²) in [5.41, 5.74) is -0.164. The molecule has 0 aliphatic heterocycles. The molecule has 9 heteroatoms. The lowest BCUT2D eigenvalue weighted by molar-refractivity contribution is 0.0526. The van der Waals surface area contributed by atoms with E-state index >= 15 is 0 Å². The Bertz CT molecular complexity index is 806. The highest BCUT2D eigenvalue weighted by Crippen LogP contribution is 2.10. The van der Waals surface area contributed by atoms with Crippen molar-refractivity contribution in [3.63, 3.8) is 0 Å². The monoisotopic (exact) mass is 348 g/mol. The third-order valence-corrected chi connectivity index (χ3v) is 3.38. The Morgan fingerprint density at radius 2 is 2.17 bits per heavy atom. The van der Waals surface area contributed by atoms with Gasteiger partial charge in [-0.15, -0.1) is 0 Å². The van der Waals surface area contributed by atoms with E-state index in [0.717, 1.165) is 6.07 Å². The molecule has 2 aromatic rings. The number of ether oxygens (including phenoxy) is 1. The molecular weight excluding hydrogens is 332 g/mol. The zero-order valence-electron chi connectivity index (χ0n) is 13.2. The minimum Gasteiger partial charge on any atom is -0.462 e. The number of esters is 1. The van der Waals surface area contributed by atoms with Crippen LogP contribution in [0, 0.1) is 0 Å². The first-order chi connectivity index (χ1) is 11.5. The second-order valence-electron chi connectivity index (χ2n) is 4.61. The number of pyridine rings is 1. The van der Waals surface area contributed by atoms with Crippen molar-refractivity contribution in [1.82, 2.24) is 15.0 Å². The van der Waals surface area contributed by atoms with E-state index in [1.165, 1.54) is 30.1 Å². The van der Waals surface area contributed by atoms with E-state index < -0.39 is 17.4 Å². The molecule has 0 saturated heterocycles. The van der Waals surface area contributed by atoms with E-state index in [4.69, 9.17) is 4.74 Å². The maximum atomic E-state index is 12.2. The molecule has 0 aliphatic carbocycles. The number of nitrogens with one attached hydrogen (secondary N) is 2. The SMILES string of the molecule is CCOC(=O)c1ccnc(NC(=O)c2cc(=O)[nH]c(CSC)n2)c1. The number of aromatic nitrogens is 3. The summed E-state index contributed by atoms with van der Waals surface area (Å²) in [4.78, 5) is 46.2. The smallest absolute Gasteiger partial charge is 0.338 e. The Kier molecular flexibility index (Phi) is 6.07. The van der Waals surface area contributed by atoms with Crippen molar-refractivity contribution in [2.45, 2.75) is 12.7 Å². The molecule has 0 aromatic carbocycles. The molecule has 0 atom stereocenters. The predicted molar refractivity (Wildman–Crippen MR) is 90.2 cm³/mol. The second kappa shape index (κ2) is 8.25. The van der Waals surface area contributed by atoms with Crippen LogP contribution in [0.15, 0.2) is 29.2 Å². The van der Waals surface area contributed by atoms with Crippen LogP contribution >= 0.6 is 11.8 Å². The molecule has 0 aliphatic rings. The van der Waals surface area contributed by atoms with Crippen molar-refractivity contribution >= 4 is 29.5 Å². The number of hydrogen-bond donors (Lipinski definition) is 2. The molecule has 2 rings (SSSR count). The first-order valence-electron chi connectivity index (χ1n) is 7.07. The van der Waals surface area contributed by atoms with Gasteiger partial charge < -0.3 is 15.0 Å². The van der Waals surface area contributed by atoms with E-state index in [1.807, 2.05) is 6.26 Å². The summed E-state index contributed by atoms with van der Waals surface area (Å²) in [5, 5.41) is 2.51.